The summed E-state index contributed by atoms with van der Waals surface area (Å²) in [6.45, 7) is 2.49. The normalized spacial score (nSPS) is 10.7. The lowest BCUT2D eigenvalue weighted by Gasteiger charge is -1.99. The highest BCUT2D eigenvalue weighted by Crippen LogP contribution is 2.18. The quantitative estimate of drug-likeness (QED) is 0.768. The summed E-state index contributed by atoms with van der Waals surface area (Å²) in [5.74, 6) is 1.53. The lowest BCUT2D eigenvalue weighted by Crippen LogP contribution is -2.03. The Labute approximate surface area is 109 Å². The van der Waals surface area contributed by atoms with Gasteiger partial charge in [0.2, 0.25) is 0 Å². The minimum absolute atomic E-state index is 0.436. The summed E-state index contributed by atoms with van der Waals surface area (Å²) >= 11 is 0. The highest BCUT2D eigenvalue weighted by molar-refractivity contribution is 5.84. The predicted molar refractivity (Wildman–Crippen MR) is 69.3 cm³/mol. The summed E-state index contributed by atoms with van der Waals surface area (Å²) in [6, 6.07) is 9.79. The Morgan fingerprint density at radius 2 is 2.21 bits per heavy atom. The van der Waals surface area contributed by atoms with E-state index in [0.717, 1.165) is 29.0 Å². The summed E-state index contributed by atoms with van der Waals surface area (Å²) in [4.78, 5) is 4.36. The van der Waals surface area contributed by atoms with Crippen molar-refractivity contribution >= 4 is 10.9 Å². The minimum Gasteiger partial charge on any atom is -0.261 e. The molecule has 1 N–H and O–H groups in total. The molecule has 0 atom stereocenters. The predicted octanol–water partition coefficient (Wildman–Crippen LogP) is 1.64. The standard InChI is InChI=1S/C13H12N6/c1-2-12-15-13(17-16-12)8-19-11-6-4-3-5-9(11)10(7-14)18-19/h3-6H,2,8H2,1H3,(H,15,16,17). The number of hydrogen-bond donors (Lipinski definition) is 1. The van der Waals surface area contributed by atoms with E-state index in [-0.39, 0.29) is 0 Å². The zero-order chi connectivity index (χ0) is 13.2. The van der Waals surface area contributed by atoms with Crippen LogP contribution in [0, 0.1) is 11.3 Å². The number of nitriles is 1. The fraction of sp³-hybridized carbons (Fsp3) is 0.231. The number of para-hydroxylation sites is 1. The summed E-state index contributed by atoms with van der Waals surface area (Å²) in [6.07, 6.45) is 0.791. The molecule has 0 fully saturated rings. The number of aryl methyl sites for hydroxylation is 1. The molecule has 0 amide bonds. The summed E-state index contributed by atoms with van der Waals surface area (Å²) in [5, 5.41) is 21.3. The first kappa shape index (κ1) is 11.4. The zero-order valence-corrected chi connectivity index (χ0v) is 10.5. The summed E-state index contributed by atoms with van der Waals surface area (Å²) < 4.78 is 1.77. The minimum atomic E-state index is 0.436. The number of nitrogens with one attached hydrogen (secondary N) is 1. The van der Waals surface area contributed by atoms with Gasteiger partial charge in [-0.1, -0.05) is 19.1 Å². The Morgan fingerprint density at radius 3 is 2.95 bits per heavy atom. The monoisotopic (exact) mass is 252 g/mol. The van der Waals surface area contributed by atoms with Gasteiger partial charge in [0.15, 0.2) is 11.5 Å². The van der Waals surface area contributed by atoms with Crippen molar-refractivity contribution in [3.8, 4) is 6.07 Å². The molecule has 0 radical (unpaired) electrons. The topological polar surface area (TPSA) is 83.2 Å². The molecule has 0 aliphatic rings. The maximum atomic E-state index is 9.10. The van der Waals surface area contributed by atoms with Gasteiger partial charge in [0.05, 0.1) is 5.52 Å². The van der Waals surface area contributed by atoms with Crippen molar-refractivity contribution in [1.29, 1.82) is 5.26 Å². The van der Waals surface area contributed by atoms with Crippen molar-refractivity contribution in [2.24, 2.45) is 0 Å². The van der Waals surface area contributed by atoms with Gasteiger partial charge in [0.1, 0.15) is 18.4 Å². The van der Waals surface area contributed by atoms with Gasteiger partial charge in [0.25, 0.3) is 0 Å². The second-order valence-electron chi connectivity index (χ2n) is 4.19. The number of aromatic amines is 1. The van der Waals surface area contributed by atoms with Gasteiger partial charge in [0, 0.05) is 11.8 Å². The van der Waals surface area contributed by atoms with E-state index < -0.39 is 0 Å². The van der Waals surface area contributed by atoms with E-state index >= 15 is 0 Å². The molecule has 0 aliphatic carbocycles. The number of fused-ring (bicyclic) bond motifs is 1. The van der Waals surface area contributed by atoms with Crippen LogP contribution in [0.2, 0.25) is 0 Å². The second kappa shape index (κ2) is 4.53. The van der Waals surface area contributed by atoms with Crippen LogP contribution in [0.15, 0.2) is 24.3 Å². The molecule has 0 saturated heterocycles. The first-order chi connectivity index (χ1) is 9.31. The van der Waals surface area contributed by atoms with Crippen LogP contribution >= 0.6 is 0 Å². The molecule has 6 heteroatoms. The van der Waals surface area contributed by atoms with Gasteiger partial charge in [-0.15, -0.1) is 0 Å². The van der Waals surface area contributed by atoms with Crippen molar-refractivity contribution < 1.29 is 0 Å². The largest absolute Gasteiger partial charge is 0.261 e. The second-order valence-corrected chi connectivity index (χ2v) is 4.19. The molecule has 1 aromatic carbocycles. The Balaban J connectivity index is 2.03. The fourth-order valence-electron chi connectivity index (χ4n) is 2.04. The maximum Gasteiger partial charge on any atom is 0.170 e. The van der Waals surface area contributed by atoms with Crippen molar-refractivity contribution in [2.45, 2.75) is 19.9 Å². The average Bonchev–Trinajstić information content (AvgIpc) is 3.04. The Hall–Kier alpha value is -2.68. The van der Waals surface area contributed by atoms with E-state index in [2.05, 4.69) is 26.3 Å². The molecule has 3 aromatic rings. The number of rotatable bonds is 3. The van der Waals surface area contributed by atoms with Crippen LogP contribution in [0.25, 0.3) is 10.9 Å². The zero-order valence-electron chi connectivity index (χ0n) is 10.5. The Morgan fingerprint density at radius 1 is 1.37 bits per heavy atom. The molecular formula is C13H12N6. The number of benzene rings is 1. The van der Waals surface area contributed by atoms with Crippen LogP contribution in [0.3, 0.4) is 0 Å². The van der Waals surface area contributed by atoms with Crippen LogP contribution in [0.1, 0.15) is 24.3 Å². The van der Waals surface area contributed by atoms with Crippen LogP contribution in [-0.4, -0.2) is 25.0 Å². The van der Waals surface area contributed by atoms with Gasteiger partial charge >= 0.3 is 0 Å². The van der Waals surface area contributed by atoms with E-state index in [9.17, 15) is 0 Å². The third-order valence-corrected chi connectivity index (χ3v) is 2.96. The third-order valence-electron chi connectivity index (χ3n) is 2.96. The van der Waals surface area contributed by atoms with Gasteiger partial charge < -0.3 is 0 Å². The fourth-order valence-corrected chi connectivity index (χ4v) is 2.04. The molecule has 0 spiro atoms. The highest BCUT2D eigenvalue weighted by atomic mass is 15.3. The SMILES string of the molecule is CCc1n[nH]c(Cn2nc(C#N)c3ccccc32)n1. The van der Waals surface area contributed by atoms with Crippen molar-refractivity contribution in [3.63, 3.8) is 0 Å². The molecule has 2 heterocycles. The van der Waals surface area contributed by atoms with E-state index in [1.54, 1.807) is 4.68 Å². The number of hydrogen-bond acceptors (Lipinski definition) is 4. The number of H-pyrrole nitrogens is 1. The smallest absolute Gasteiger partial charge is 0.170 e. The Kier molecular flexibility index (Phi) is 2.72. The number of aromatic nitrogens is 5. The highest BCUT2D eigenvalue weighted by Gasteiger charge is 2.11. The van der Waals surface area contributed by atoms with Crippen LogP contribution in [0.4, 0.5) is 0 Å². The van der Waals surface area contributed by atoms with Gasteiger partial charge in [-0.3, -0.25) is 9.78 Å². The van der Waals surface area contributed by atoms with Crippen molar-refractivity contribution in [3.05, 3.63) is 41.6 Å². The summed E-state index contributed by atoms with van der Waals surface area (Å²) in [5.41, 5.74) is 1.36. The van der Waals surface area contributed by atoms with Crippen molar-refractivity contribution in [1.82, 2.24) is 25.0 Å². The molecular weight excluding hydrogens is 240 g/mol. The molecule has 0 unspecified atom stereocenters. The molecule has 6 nitrogen and oxygen atoms in total. The Bertz CT molecular complexity index is 761. The van der Waals surface area contributed by atoms with Crippen LogP contribution in [-0.2, 0) is 13.0 Å². The van der Waals surface area contributed by atoms with E-state index in [0.29, 0.717) is 12.2 Å². The van der Waals surface area contributed by atoms with E-state index in [1.807, 2.05) is 31.2 Å². The molecule has 94 valence electrons. The van der Waals surface area contributed by atoms with Crippen molar-refractivity contribution in [2.75, 3.05) is 0 Å². The van der Waals surface area contributed by atoms with Gasteiger partial charge in [-0.2, -0.15) is 15.5 Å². The number of nitrogens with zero attached hydrogens (tertiary/aromatic N) is 5. The van der Waals surface area contributed by atoms with Crippen LogP contribution < -0.4 is 0 Å². The van der Waals surface area contributed by atoms with Gasteiger partial charge in [-0.05, 0) is 12.1 Å². The molecule has 19 heavy (non-hydrogen) atoms. The average molecular weight is 252 g/mol. The molecule has 2 aromatic heterocycles. The molecule has 0 saturated carbocycles. The summed E-state index contributed by atoms with van der Waals surface area (Å²) in [7, 11) is 0. The maximum absolute atomic E-state index is 9.10. The molecule has 3 rings (SSSR count). The first-order valence-electron chi connectivity index (χ1n) is 6.07. The van der Waals surface area contributed by atoms with Crippen LogP contribution in [0.5, 0.6) is 0 Å². The lowest BCUT2D eigenvalue weighted by molar-refractivity contribution is 0.676. The molecule has 0 aliphatic heterocycles. The van der Waals surface area contributed by atoms with E-state index in [4.69, 9.17) is 5.26 Å². The third kappa shape index (κ3) is 1.95. The van der Waals surface area contributed by atoms with E-state index in [1.165, 1.54) is 0 Å². The first-order valence-corrected chi connectivity index (χ1v) is 6.07. The van der Waals surface area contributed by atoms with Gasteiger partial charge in [-0.25, -0.2) is 4.98 Å². The molecule has 0 bridgehead atoms. The lowest BCUT2D eigenvalue weighted by atomic mass is 10.2.